The molecule has 37 heavy (non-hydrogen) atoms. The van der Waals surface area contributed by atoms with Gasteiger partial charge in [0.25, 0.3) is 5.91 Å². The first-order valence-corrected chi connectivity index (χ1v) is 15.4. The van der Waals surface area contributed by atoms with Gasteiger partial charge in [0.05, 0.1) is 4.90 Å². The molecule has 3 heterocycles. The van der Waals surface area contributed by atoms with E-state index in [-0.39, 0.29) is 5.91 Å². The number of hydrogen-bond donors (Lipinski definition) is 0. The third kappa shape index (κ3) is 6.21. The number of piperazine rings is 1. The van der Waals surface area contributed by atoms with Gasteiger partial charge in [-0.05, 0) is 76.4 Å². The molecule has 2 unspecified atom stereocenters. The second-order valence-electron chi connectivity index (χ2n) is 11.1. The van der Waals surface area contributed by atoms with Crippen LogP contribution in [0.3, 0.4) is 0 Å². The first-order chi connectivity index (χ1) is 17.6. The zero-order valence-electron chi connectivity index (χ0n) is 23.3. The Hall–Kier alpha value is -1.94. The van der Waals surface area contributed by atoms with Gasteiger partial charge in [-0.1, -0.05) is 13.8 Å². The number of carbonyl (C=O) groups excluding carboxylic acids is 1. The molecule has 8 nitrogen and oxygen atoms in total. The highest BCUT2D eigenvalue weighted by atomic mass is 32.2. The number of aromatic nitrogens is 1. The standard InChI is InChI=1S/C28H45N5O3S/c1-6-31(7-2)28(34)27-19-24-18-25(37(35,36)32-20-22(3)17-23(4)21-32)9-10-26(24)33(27)12-8-11-30-15-13-29(5)14-16-30/h9-10,18-19,22-23H,6-8,11-17,20-21H2,1-5H3. The maximum Gasteiger partial charge on any atom is 0.270 e. The lowest BCUT2D eigenvalue weighted by atomic mass is 9.94. The number of carbonyl (C=O) groups is 1. The minimum Gasteiger partial charge on any atom is -0.338 e. The van der Waals surface area contributed by atoms with Gasteiger partial charge in [-0.25, -0.2) is 8.42 Å². The highest BCUT2D eigenvalue weighted by Gasteiger charge is 2.32. The predicted molar refractivity (Wildman–Crippen MR) is 149 cm³/mol. The van der Waals surface area contributed by atoms with Gasteiger partial charge in [-0.3, -0.25) is 4.79 Å². The fourth-order valence-electron chi connectivity index (χ4n) is 5.98. The van der Waals surface area contributed by atoms with Gasteiger partial charge in [0.2, 0.25) is 10.0 Å². The lowest BCUT2D eigenvalue weighted by Crippen LogP contribution is -2.44. The van der Waals surface area contributed by atoms with Gasteiger partial charge < -0.3 is 19.3 Å². The molecule has 0 radical (unpaired) electrons. The van der Waals surface area contributed by atoms with Crippen LogP contribution in [0.15, 0.2) is 29.2 Å². The lowest BCUT2D eigenvalue weighted by Gasteiger charge is -2.34. The summed E-state index contributed by atoms with van der Waals surface area (Å²) in [6, 6.07) is 7.29. The Bertz CT molecular complexity index is 1170. The highest BCUT2D eigenvalue weighted by Crippen LogP contribution is 2.30. The van der Waals surface area contributed by atoms with E-state index in [1.54, 1.807) is 16.4 Å². The molecule has 1 aromatic carbocycles. The van der Waals surface area contributed by atoms with Crippen molar-refractivity contribution < 1.29 is 13.2 Å². The van der Waals surface area contributed by atoms with Crippen LogP contribution in [0.2, 0.25) is 0 Å². The molecule has 2 atom stereocenters. The number of aryl methyl sites for hydroxylation is 1. The Balaban J connectivity index is 1.63. The van der Waals surface area contributed by atoms with Crippen LogP contribution in [0.1, 0.15) is 51.0 Å². The number of rotatable bonds is 9. The van der Waals surface area contributed by atoms with Gasteiger partial charge in [-0.2, -0.15) is 4.31 Å². The van der Waals surface area contributed by atoms with E-state index in [0.717, 1.165) is 63.0 Å². The van der Waals surface area contributed by atoms with Crippen LogP contribution in [0.4, 0.5) is 0 Å². The molecule has 0 spiro atoms. The van der Waals surface area contributed by atoms with Crippen molar-refractivity contribution in [1.82, 2.24) is 23.6 Å². The Morgan fingerprint density at radius 1 is 0.973 bits per heavy atom. The van der Waals surface area contributed by atoms with Crippen molar-refractivity contribution in [3.8, 4) is 0 Å². The van der Waals surface area contributed by atoms with E-state index in [0.29, 0.717) is 48.6 Å². The van der Waals surface area contributed by atoms with Crippen molar-refractivity contribution in [3.63, 3.8) is 0 Å². The van der Waals surface area contributed by atoms with Crippen LogP contribution in [0.25, 0.3) is 10.9 Å². The molecule has 2 saturated heterocycles. The van der Waals surface area contributed by atoms with Crippen molar-refractivity contribution in [2.75, 3.05) is 66.0 Å². The monoisotopic (exact) mass is 531 g/mol. The molecule has 0 N–H and O–H groups in total. The average Bonchev–Trinajstić information content (AvgIpc) is 3.23. The molecule has 2 fully saturated rings. The highest BCUT2D eigenvalue weighted by molar-refractivity contribution is 7.89. The number of likely N-dealkylation sites (N-methyl/N-ethyl adjacent to an activating group) is 1. The lowest BCUT2D eigenvalue weighted by molar-refractivity contribution is 0.0762. The molecule has 2 aromatic rings. The number of amides is 1. The molecule has 2 aliphatic rings. The molecule has 206 valence electrons. The van der Waals surface area contributed by atoms with Gasteiger partial charge in [0.15, 0.2) is 0 Å². The maximum atomic E-state index is 13.6. The number of nitrogens with zero attached hydrogens (tertiary/aromatic N) is 5. The number of sulfonamides is 1. The Kier molecular flexibility index (Phi) is 8.99. The van der Waals surface area contributed by atoms with Gasteiger partial charge in [-0.15, -0.1) is 0 Å². The summed E-state index contributed by atoms with van der Waals surface area (Å²) in [6.45, 7) is 16.7. The van der Waals surface area contributed by atoms with Crippen LogP contribution < -0.4 is 0 Å². The zero-order valence-corrected chi connectivity index (χ0v) is 24.1. The average molecular weight is 532 g/mol. The summed E-state index contributed by atoms with van der Waals surface area (Å²) in [5.74, 6) is 0.702. The van der Waals surface area contributed by atoms with Crippen LogP contribution in [0.5, 0.6) is 0 Å². The van der Waals surface area contributed by atoms with Crippen molar-refractivity contribution in [2.24, 2.45) is 11.8 Å². The minimum absolute atomic E-state index is 0.00360. The largest absolute Gasteiger partial charge is 0.338 e. The van der Waals surface area contributed by atoms with E-state index < -0.39 is 10.0 Å². The van der Waals surface area contributed by atoms with E-state index in [2.05, 4.69) is 35.3 Å². The summed E-state index contributed by atoms with van der Waals surface area (Å²) in [5.41, 5.74) is 1.57. The van der Waals surface area contributed by atoms with Gasteiger partial charge in [0, 0.05) is 69.8 Å². The number of piperidine rings is 1. The SMILES string of the molecule is CCN(CC)C(=O)c1cc2cc(S(=O)(=O)N3CC(C)CC(C)C3)ccc2n1CCCN1CCN(C)CC1. The fraction of sp³-hybridized carbons (Fsp3) is 0.679. The molecule has 0 bridgehead atoms. The van der Waals surface area contributed by atoms with E-state index in [4.69, 9.17) is 0 Å². The number of benzene rings is 1. The number of fused-ring (bicyclic) bond motifs is 1. The van der Waals surface area contributed by atoms with Crippen molar-refractivity contribution in [2.45, 2.75) is 52.0 Å². The molecule has 9 heteroatoms. The molecular weight excluding hydrogens is 486 g/mol. The maximum absolute atomic E-state index is 13.6. The van der Waals surface area contributed by atoms with Crippen LogP contribution in [-0.4, -0.2) is 104 Å². The van der Waals surface area contributed by atoms with Crippen LogP contribution in [-0.2, 0) is 16.6 Å². The summed E-state index contributed by atoms with van der Waals surface area (Å²) in [5, 5.41) is 0.814. The smallest absolute Gasteiger partial charge is 0.270 e. The second kappa shape index (κ2) is 11.8. The van der Waals surface area contributed by atoms with Gasteiger partial charge >= 0.3 is 0 Å². The van der Waals surface area contributed by atoms with Crippen LogP contribution >= 0.6 is 0 Å². The summed E-state index contributed by atoms with van der Waals surface area (Å²) < 4.78 is 30.9. The zero-order chi connectivity index (χ0) is 26.7. The molecule has 2 aliphatic heterocycles. The molecular formula is C28H45N5O3S. The van der Waals surface area contributed by atoms with E-state index in [9.17, 15) is 13.2 Å². The Labute approximate surface area is 223 Å². The summed E-state index contributed by atoms with van der Waals surface area (Å²) >= 11 is 0. The molecule has 0 saturated carbocycles. The molecule has 4 rings (SSSR count). The summed E-state index contributed by atoms with van der Waals surface area (Å²) in [4.78, 5) is 20.5. The van der Waals surface area contributed by atoms with Crippen LogP contribution in [0, 0.1) is 11.8 Å². The van der Waals surface area contributed by atoms with Crippen molar-refractivity contribution >= 4 is 26.8 Å². The summed E-state index contributed by atoms with van der Waals surface area (Å²) in [7, 11) is -1.42. The molecule has 1 aromatic heterocycles. The fourth-order valence-corrected chi connectivity index (χ4v) is 7.69. The minimum atomic E-state index is -3.59. The second-order valence-corrected chi connectivity index (χ2v) is 13.1. The Morgan fingerprint density at radius 2 is 1.62 bits per heavy atom. The van der Waals surface area contributed by atoms with Gasteiger partial charge in [0.1, 0.15) is 5.69 Å². The predicted octanol–water partition coefficient (Wildman–Crippen LogP) is 3.43. The normalized spacial score (nSPS) is 22.5. The Morgan fingerprint density at radius 3 is 2.24 bits per heavy atom. The third-order valence-corrected chi connectivity index (χ3v) is 9.90. The number of hydrogen-bond acceptors (Lipinski definition) is 5. The van der Waals surface area contributed by atoms with E-state index in [1.165, 1.54) is 0 Å². The quantitative estimate of drug-likeness (QED) is 0.496. The van der Waals surface area contributed by atoms with E-state index >= 15 is 0 Å². The first-order valence-electron chi connectivity index (χ1n) is 14.0. The molecule has 1 amide bonds. The van der Waals surface area contributed by atoms with Crippen molar-refractivity contribution in [1.29, 1.82) is 0 Å². The topological polar surface area (TPSA) is 69.1 Å². The summed E-state index contributed by atoms with van der Waals surface area (Å²) in [6.07, 6.45) is 1.99. The third-order valence-electron chi connectivity index (χ3n) is 8.07. The van der Waals surface area contributed by atoms with E-state index in [1.807, 2.05) is 30.9 Å². The van der Waals surface area contributed by atoms with Crippen molar-refractivity contribution in [3.05, 3.63) is 30.0 Å². The first kappa shape index (κ1) is 28.1. The molecule has 0 aliphatic carbocycles.